The Morgan fingerprint density at radius 2 is 1.96 bits per heavy atom. The van der Waals surface area contributed by atoms with Crippen LogP contribution in [-0.2, 0) is 9.47 Å². The van der Waals surface area contributed by atoms with Gasteiger partial charge in [-0.05, 0) is 32.6 Å². The first-order chi connectivity index (χ1) is 11.7. The van der Waals surface area contributed by atoms with Crippen molar-refractivity contribution in [2.24, 2.45) is 10.9 Å². The summed E-state index contributed by atoms with van der Waals surface area (Å²) in [6.45, 7) is 16.9. The van der Waals surface area contributed by atoms with Gasteiger partial charge in [-0.25, -0.2) is 0 Å². The molecule has 1 fully saturated rings. The zero-order chi connectivity index (χ0) is 17.6. The molecule has 6 heteroatoms. The van der Waals surface area contributed by atoms with Crippen LogP contribution in [0.25, 0.3) is 0 Å². The lowest BCUT2D eigenvalue weighted by Gasteiger charge is -2.26. The predicted octanol–water partition coefficient (Wildman–Crippen LogP) is 1.72. The van der Waals surface area contributed by atoms with Gasteiger partial charge >= 0.3 is 0 Å². The van der Waals surface area contributed by atoms with E-state index in [2.05, 4.69) is 48.2 Å². The Bertz CT molecular complexity index is 331. The van der Waals surface area contributed by atoms with Crippen LogP contribution in [0.2, 0.25) is 0 Å². The SMILES string of the molecule is CCNC(=NCCCN1CCOCC1)NCCC(OCC)C(C)C. The Balaban J connectivity index is 2.25. The summed E-state index contributed by atoms with van der Waals surface area (Å²) in [5.41, 5.74) is 0. The minimum atomic E-state index is 0.312. The fraction of sp³-hybridized carbons (Fsp3) is 0.944. The van der Waals surface area contributed by atoms with Gasteiger partial charge in [-0.3, -0.25) is 9.89 Å². The van der Waals surface area contributed by atoms with Crippen molar-refractivity contribution in [3.8, 4) is 0 Å². The van der Waals surface area contributed by atoms with E-state index in [1.54, 1.807) is 0 Å². The highest BCUT2D eigenvalue weighted by atomic mass is 16.5. The molecule has 2 N–H and O–H groups in total. The molecule has 24 heavy (non-hydrogen) atoms. The van der Waals surface area contributed by atoms with Crippen LogP contribution < -0.4 is 10.6 Å². The molecule has 0 amide bonds. The van der Waals surface area contributed by atoms with Gasteiger partial charge in [0, 0.05) is 45.9 Å². The van der Waals surface area contributed by atoms with Crippen molar-refractivity contribution in [1.29, 1.82) is 0 Å². The molecule has 0 radical (unpaired) electrons. The first-order valence-electron chi connectivity index (χ1n) is 9.61. The van der Waals surface area contributed by atoms with Crippen molar-refractivity contribution in [3.63, 3.8) is 0 Å². The second-order valence-electron chi connectivity index (χ2n) is 6.52. The monoisotopic (exact) mass is 342 g/mol. The number of nitrogens with zero attached hydrogens (tertiary/aromatic N) is 2. The third-order valence-corrected chi connectivity index (χ3v) is 4.20. The molecule has 142 valence electrons. The normalized spacial score (nSPS) is 18.0. The van der Waals surface area contributed by atoms with E-state index >= 15 is 0 Å². The number of guanidine groups is 1. The van der Waals surface area contributed by atoms with Crippen molar-refractivity contribution in [1.82, 2.24) is 15.5 Å². The molecule has 0 aromatic carbocycles. The van der Waals surface area contributed by atoms with E-state index < -0.39 is 0 Å². The summed E-state index contributed by atoms with van der Waals surface area (Å²) in [7, 11) is 0. The number of aliphatic imine (C=N–C) groups is 1. The number of morpholine rings is 1. The quantitative estimate of drug-likeness (QED) is 0.340. The van der Waals surface area contributed by atoms with Gasteiger partial charge in [0.05, 0.1) is 19.3 Å². The molecule has 0 aliphatic carbocycles. The second-order valence-corrected chi connectivity index (χ2v) is 6.52. The van der Waals surface area contributed by atoms with Crippen LogP contribution in [0.5, 0.6) is 0 Å². The molecule has 0 aromatic heterocycles. The maximum Gasteiger partial charge on any atom is 0.191 e. The Kier molecular flexibility index (Phi) is 11.9. The van der Waals surface area contributed by atoms with Crippen molar-refractivity contribution in [3.05, 3.63) is 0 Å². The molecule has 1 atom stereocenters. The average molecular weight is 343 g/mol. The highest BCUT2D eigenvalue weighted by Crippen LogP contribution is 2.09. The molecule has 1 aliphatic heterocycles. The van der Waals surface area contributed by atoms with Crippen LogP contribution in [0.15, 0.2) is 4.99 Å². The van der Waals surface area contributed by atoms with Gasteiger partial charge in [0.2, 0.25) is 0 Å². The Labute approximate surface area is 148 Å². The molecule has 0 saturated carbocycles. The van der Waals surface area contributed by atoms with E-state index in [0.717, 1.165) is 77.9 Å². The van der Waals surface area contributed by atoms with E-state index in [9.17, 15) is 0 Å². The van der Waals surface area contributed by atoms with Crippen LogP contribution >= 0.6 is 0 Å². The fourth-order valence-corrected chi connectivity index (χ4v) is 2.81. The summed E-state index contributed by atoms with van der Waals surface area (Å²) in [5.74, 6) is 1.46. The molecule has 0 spiro atoms. The van der Waals surface area contributed by atoms with Gasteiger partial charge in [0.1, 0.15) is 0 Å². The van der Waals surface area contributed by atoms with E-state index in [-0.39, 0.29) is 0 Å². The second kappa shape index (κ2) is 13.4. The minimum absolute atomic E-state index is 0.312. The Morgan fingerprint density at radius 3 is 2.58 bits per heavy atom. The van der Waals surface area contributed by atoms with E-state index in [1.807, 2.05) is 0 Å². The summed E-state index contributed by atoms with van der Waals surface area (Å²) in [4.78, 5) is 7.13. The number of hydrogen-bond donors (Lipinski definition) is 2. The molecular formula is C18H38N4O2. The largest absolute Gasteiger partial charge is 0.379 e. The summed E-state index contributed by atoms with van der Waals surface area (Å²) >= 11 is 0. The van der Waals surface area contributed by atoms with E-state index in [4.69, 9.17) is 9.47 Å². The number of nitrogens with one attached hydrogen (secondary N) is 2. The van der Waals surface area contributed by atoms with Crippen LogP contribution in [-0.4, -0.2) is 76.1 Å². The van der Waals surface area contributed by atoms with Gasteiger partial charge in [-0.15, -0.1) is 0 Å². The smallest absolute Gasteiger partial charge is 0.191 e. The topological polar surface area (TPSA) is 58.1 Å². The van der Waals surface area contributed by atoms with Crippen molar-refractivity contribution < 1.29 is 9.47 Å². The molecule has 1 aliphatic rings. The lowest BCUT2D eigenvalue weighted by atomic mass is 10.0. The van der Waals surface area contributed by atoms with Crippen LogP contribution in [0.3, 0.4) is 0 Å². The zero-order valence-corrected chi connectivity index (χ0v) is 16.1. The lowest BCUT2D eigenvalue weighted by Crippen LogP contribution is -2.40. The summed E-state index contributed by atoms with van der Waals surface area (Å²) < 4.78 is 11.2. The zero-order valence-electron chi connectivity index (χ0n) is 16.1. The highest BCUT2D eigenvalue weighted by molar-refractivity contribution is 5.79. The van der Waals surface area contributed by atoms with Gasteiger partial charge in [-0.2, -0.15) is 0 Å². The molecule has 0 aromatic rings. The van der Waals surface area contributed by atoms with Crippen LogP contribution in [0.4, 0.5) is 0 Å². The van der Waals surface area contributed by atoms with Crippen molar-refractivity contribution in [2.45, 2.75) is 46.6 Å². The number of ether oxygens (including phenoxy) is 2. The third kappa shape index (κ3) is 9.45. The van der Waals surface area contributed by atoms with Crippen molar-refractivity contribution in [2.75, 3.05) is 59.1 Å². The van der Waals surface area contributed by atoms with Crippen molar-refractivity contribution >= 4 is 5.96 Å². The highest BCUT2D eigenvalue weighted by Gasteiger charge is 2.13. The summed E-state index contributed by atoms with van der Waals surface area (Å²) in [6.07, 6.45) is 2.40. The van der Waals surface area contributed by atoms with Gasteiger partial charge in [-0.1, -0.05) is 13.8 Å². The number of rotatable bonds is 11. The van der Waals surface area contributed by atoms with Gasteiger partial charge in [0.25, 0.3) is 0 Å². The standard InChI is InChI=1S/C18H38N4O2/c1-5-19-18(21-10-8-17(16(3)4)24-6-2)20-9-7-11-22-12-14-23-15-13-22/h16-17H,5-15H2,1-4H3,(H2,19,20,21). The van der Waals surface area contributed by atoms with Gasteiger partial charge < -0.3 is 20.1 Å². The Hall–Kier alpha value is -0.850. The molecule has 1 heterocycles. The maximum atomic E-state index is 5.79. The molecule has 1 unspecified atom stereocenters. The van der Waals surface area contributed by atoms with E-state index in [0.29, 0.717) is 12.0 Å². The van der Waals surface area contributed by atoms with Gasteiger partial charge in [0.15, 0.2) is 5.96 Å². The molecule has 6 nitrogen and oxygen atoms in total. The van der Waals surface area contributed by atoms with Crippen LogP contribution in [0.1, 0.15) is 40.5 Å². The molecule has 0 bridgehead atoms. The third-order valence-electron chi connectivity index (χ3n) is 4.20. The predicted molar refractivity (Wildman–Crippen MR) is 101 cm³/mol. The number of hydrogen-bond acceptors (Lipinski definition) is 4. The van der Waals surface area contributed by atoms with Crippen LogP contribution in [0, 0.1) is 5.92 Å². The summed E-state index contributed by atoms with van der Waals surface area (Å²) in [5, 5.41) is 6.75. The maximum absolute atomic E-state index is 5.79. The lowest BCUT2D eigenvalue weighted by molar-refractivity contribution is 0.0258. The molecular weight excluding hydrogens is 304 g/mol. The average Bonchev–Trinajstić information content (AvgIpc) is 2.58. The molecule has 1 saturated heterocycles. The minimum Gasteiger partial charge on any atom is -0.379 e. The first kappa shape index (κ1) is 21.2. The Morgan fingerprint density at radius 1 is 1.21 bits per heavy atom. The summed E-state index contributed by atoms with van der Waals surface area (Å²) in [6, 6.07) is 0. The first-order valence-corrected chi connectivity index (χ1v) is 9.61. The molecule has 1 rings (SSSR count). The fourth-order valence-electron chi connectivity index (χ4n) is 2.81. The van der Waals surface area contributed by atoms with E-state index in [1.165, 1.54) is 0 Å².